The molecule has 1 aromatic heterocycles. The minimum atomic E-state index is -0.254. The van der Waals surface area contributed by atoms with Gasteiger partial charge in [0.15, 0.2) is 11.5 Å². The summed E-state index contributed by atoms with van der Waals surface area (Å²) in [5.74, 6) is 0.814. The zero-order valence-electron chi connectivity index (χ0n) is 16.2. The van der Waals surface area contributed by atoms with Crippen molar-refractivity contribution in [3.05, 3.63) is 63.9 Å². The van der Waals surface area contributed by atoms with Gasteiger partial charge in [0, 0.05) is 11.3 Å². The van der Waals surface area contributed by atoms with Crippen molar-refractivity contribution < 1.29 is 14.3 Å². The molecule has 0 bridgehead atoms. The number of halogens is 1. The molecule has 7 heteroatoms. The molecule has 0 spiro atoms. The highest BCUT2D eigenvalue weighted by molar-refractivity contribution is 9.10. The van der Waals surface area contributed by atoms with Crippen LogP contribution in [0.1, 0.15) is 28.7 Å². The van der Waals surface area contributed by atoms with Crippen LogP contribution in [-0.2, 0) is 0 Å². The maximum absolute atomic E-state index is 12.9. The maximum Gasteiger partial charge on any atom is 0.255 e. The molecule has 146 valence electrons. The number of hydrogen-bond acceptors (Lipinski definition) is 4. The van der Waals surface area contributed by atoms with Gasteiger partial charge in [-0.2, -0.15) is 5.10 Å². The van der Waals surface area contributed by atoms with Gasteiger partial charge >= 0.3 is 0 Å². The Bertz CT molecular complexity index is 1010. The molecule has 28 heavy (non-hydrogen) atoms. The van der Waals surface area contributed by atoms with E-state index in [1.54, 1.807) is 19.2 Å². The van der Waals surface area contributed by atoms with E-state index in [9.17, 15) is 4.79 Å². The van der Waals surface area contributed by atoms with E-state index < -0.39 is 0 Å². The number of amides is 1. The number of aromatic nitrogens is 2. The van der Waals surface area contributed by atoms with E-state index in [0.29, 0.717) is 33.8 Å². The molecule has 1 amide bonds. The van der Waals surface area contributed by atoms with Gasteiger partial charge in [-0.25, -0.2) is 4.68 Å². The predicted molar refractivity (Wildman–Crippen MR) is 113 cm³/mol. The zero-order valence-corrected chi connectivity index (χ0v) is 17.8. The van der Waals surface area contributed by atoms with Crippen LogP contribution < -0.4 is 14.8 Å². The van der Waals surface area contributed by atoms with Crippen LogP contribution in [0, 0.1) is 13.8 Å². The van der Waals surface area contributed by atoms with Gasteiger partial charge in [-0.1, -0.05) is 12.1 Å². The summed E-state index contributed by atoms with van der Waals surface area (Å²) < 4.78 is 13.4. The van der Waals surface area contributed by atoms with Crippen LogP contribution in [0.15, 0.2) is 46.9 Å². The first-order chi connectivity index (χ1) is 13.4. The molecule has 0 radical (unpaired) electrons. The second-order valence-electron chi connectivity index (χ2n) is 6.23. The lowest BCUT2D eigenvalue weighted by atomic mass is 10.1. The molecule has 0 atom stereocenters. The van der Waals surface area contributed by atoms with Gasteiger partial charge in [0.2, 0.25) is 0 Å². The van der Waals surface area contributed by atoms with Crippen LogP contribution in [-0.4, -0.2) is 29.4 Å². The number of nitrogens with zero attached hydrogens (tertiary/aromatic N) is 2. The fraction of sp³-hybridized carbons (Fsp3) is 0.238. The lowest BCUT2D eigenvalue weighted by Crippen LogP contribution is -2.15. The number of anilines is 1. The number of carbonyl (C=O) groups is 1. The summed E-state index contributed by atoms with van der Waals surface area (Å²) in [5, 5.41) is 7.49. The number of nitrogens with one attached hydrogen (secondary N) is 1. The lowest BCUT2D eigenvalue weighted by Gasteiger charge is -2.15. The lowest BCUT2D eigenvalue weighted by molar-refractivity contribution is 0.102. The zero-order chi connectivity index (χ0) is 20.3. The SMILES string of the molecule is CCOc1c(Br)cc(C(=O)Nc2ccccc2-n2nc(C)cc2C)cc1OC. The molecular weight excluding hydrogens is 422 g/mol. The second-order valence-corrected chi connectivity index (χ2v) is 7.09. The summed E-state index contributed by atoms with van der Waals surface area (Å²) in [7, 11) is 1.55. The maximum atomic E-state index is 12.9. The smallest absolute Gasteiger partial charge is 0.255 e. The number of methoxy groups -OCH3 is 1. The Labute approximate surface area is 172 Å². The van der Waals surface area contributed by atoms with Crippen LogP contribution in [0.3, 0.4) is 0 Å². The van der Waals surface area contributed by atoms with E-state index in [0.717, 1.165) is 17.1 Å². The van der Waals surface area contributed by atoms with Gasteiger partial charge in [-0.05, 0) is 67.0 Å². The summed E-state index contributed by atoms with van der Waals surface area (Å²) in [5.41, 5.74) is 3.83. The monoisotopic (exact) mass is 443 g/mol. The van der Waals surface area contributed by atoms with E-state index in [-0.39, 0.29) is 5.91 Å². The van der Waals surface area contributed by atoms with Crippen molar-refractivity contribution in [2.75, 3.05) is 19.0 Å². The average molecular weight is 444 g/mol. The molecular formula is C21H22BrN3O3. The highest BCUT2D eigenvalue weighted by Gasteiger charge is 2.17. The summed E-state index contributed by atoms with van der Waals surface area (Å²) in [6, 6.07) is 12.9. The Balaban J connectivity index is 1.94. The van der Waals surface area contributed by atoms with Crippen molar-refractivity contribution in [3.63, 3.8) is 0 Å². The van der Waals surface area contributed by atoms with Crippen molar-refractivity contribution >= 4 is 27.5 Å². The minimum Gasteiger partial charge on any atom is -0.493 e. The molecule has 0 unspecified atom stereocenters. The number of rotatable bonds is 6. The normalized spacial score (nSPS) is 10.6. The molecule has 2 aromatic carbocycles. The van der Waals surface area contributed by atoms with Crippen LogP contribution in [0.25, 0.3) is 5.69 Å². The summed E-state index contributed by atoms with van der Waals surface area (Å²) in [4.78, 5) is 12.9. The molecule has 0 saturated heterocycles. The first-order valence-corrected chi connectivity index (χ1v) is 9.68. The molecule has 0 aliphatic heterocycles. The first-order valence-electron chi connectivity index (χ1n) is 8.89. The van der Waals surface area contributed by atoms with Crippen LogP contribution >= 0.6 is 15.9 Å². The average Bonchev–Trinajstić information content (AvgIpc) is 3.01. The van der Waals surface area contributed by atoms with Gasteiger partial charge in [0.05, 0.1) is 35.3 Å². The molecule has 0 saturated carbocycles. The fourth-order valence-electron chi connectivity index (χ4n) is 2.97. The van der Waals surface area contributed by atoms with Gasteiger partial charge < -0.3 is 14.8 Å². The van der Waals surface area contributed by atoms with E-state index in [1.807, 2.05) is 55.8 Å². The molecule has 0 fully saturated rings. The number of benzene rings is 2. The van der Waals surface area contributed by atoms with E-state index >= 15 is 0 Å². The standard InChI is InChI=1S/C21H22BrN3O3/c1-5-28-20-16(22)11-15(12-19(20)27-4)21(26)23-17-8-6-7-9-18(17)25-14(3)10-13(2)24-25/h6-12H,5H2,1-4H3,(H,23,26). The molecule has 3 rings (SSSR count). The first kappa shape index (κ1) is 19.9. The predicted octanol–water partition coefficient (Wildman–Crippen LogP) is 4.91. The van der Waals surface area contributed by atoms with Crippen LogP contribution in [0.4, 0.5) is 5.69 Å². The Morgan fingerprint density at radius 2 is 1.96 bits per heavy atom. The third-order valence-corrected chi connectivity index (χ3v) is 4.76. The van der Waals surface area contributed by atoms with E-state index in [2.05, 4.69) is 26.3 Å². The third-order valence-electron chi connectivity index (χ3n) is 4.17. The van der Waals surface area contributed by atoms with Crippen LogP contribution in [0.5, 0.6) is 11.5 Å². The molecule has 0 aliphatic carbocycles. The highest BCUT2D eigenvalue weighted by atomic mass is 79.9. The van der Waals surface area contributed by atoms with Crippen molar-refractivity contribution in [3.8, 4) is 17.2 Å². The second kappa shape index (κ2) is 8.48. The van der Waals surface area contributed by atoms with Crippen molar-refractivity contribution in [1.29, 1.82) is 0 Å². The Morgan fingerprint density at radius 3 is 2.61 bits per heavy atom. The molecule has 1 N–H and O–H groups in total. The fourth-order valence-corrected chi connectivity index (χ4v) is 3.52. The number of aryl methyl sites for hydroxylation is 2. The number of hydrogen-bond donors (Lipinski definition) is 1. The van der Waals surface area contributed by atoms with Gasteiger partial charge in [-0.3, -0.25) is 4.79 Å². The highest BCUT2D eigenvalue weighted by Crippen LogP contribution is 2.37. The number of ether oxygens (including phenoxy) is 2. The van der Waals surface area contributed by atoms with E-state index in [1.165, 1.54) is 0 Å². The van der Waals surface area contributed by atoms with Gasteiger partial charge in [-0.15, -0.1) is 0 Å². The third kappa shape index (κ3) is 4.04. The van der Waals surface area contributed by atoms with Crippen molar-refractivity contribution in [2.45, 2.75) is 20.8 Å². The van der Waals surface area contributed by atoms with Crippen molar-refractivity contribution in [1.82, 2.24) is 9.78 Å². The Morgan fingerprint density at radius 1 is 1.21 bits per heavy atom. The number of carbonyl (C=O) groups excluding carboxylic acids is 1. The topological polar surface area (TPSA) is 65.4 Å². The minimum absolute atomic E-state index is 0.254. The van der Waals surface area contributed by atoms with Gasteiger partial charge in [0.1, 0.15) is 0 Å². The summed E-state index contributed by atoms with van der Waals surface area (Å²) >= 11 is 3.46. The van der Waals surface area contributed by atoms with Crippen molar-refractivity contribution in [2.24, 2.45) is 0 Å². The van der Waals surface area contributed by atoms with Gasteiger partial charge in [0.25, 0.3) is 5.91 Å². The Kier molecular flexibility index (Phi) is 6.04. The largest absolute Gasteiger partial charge is 0.493 e. The summed E-state index contributed by atoms with van der Waals surface area (Å²) in [6.07, 6.45) is 0. The summed E-state index contributed by atoms with van der Waals surface area (Å²) in [6.45, 7) is 6.31. The molecule has 0 aliphatic rings. The molecule has 3 aromatic rings. The molecule has 6 nitrogen and oxygen atoms in total. The quantitative estimate of drug-likeness (QED) is 0.587. The van der Waals surface area contributed by atoms with Crippen LogP contribution in [0.2, 0.25) is 0 Å². The Hall–Kier alpha value is -2.80. The van der Waals surface area contributed by atoms with E-state index in [4.69, 9.17) is 9.47 Å². The molecule has 1 heterocycles. The number of para-hydroxylation sites is 2.